The van der Waals surface area contributed by atoms with Crippen molar-refractivity contribution < 1.29 is 9.00 Å². The lowest BCUT2D eigenvalue weighted by atomic mass is 10.1. The van der Waals surface area contributed by atoms with Crippen LogP contribution in [0.15, 0.2) is 47.4 Å². The molecule has 0 fully saturated rings. The summed E-state index contributed by atoms with van der Waals surface area (Å²) in [5.41, 5.74) is 0. The van der Waals surface area contributed by atoms with Crippen LogP contribution in [0.2, 0.25) is 0 Å². The SMILES string of the molecule is C/C=C/C(=O)C(Cl)(CCCCCCCCC)S(=O)c1ccccc1. The van der Waals surface area contributed by atoms with Crippen LogP contribution in [0, 0.1) is 0 Å². The van der Waals surface area contributed by atoms with Crippen molar-refractivity contribution in [3.05, 3.63) is 42.5 Å². The molecule has 0 aliphatic carbocycles. The molecule has 0 heterocycles. The molecule has 0 amide bonds. The maximum atomic E-state index is 12.9. The van der Waals surface area contributed by atoms with Crippen molar-refractivity contribution in [1.29, 1.82) is 0 Å². The molecule has 0 aliphatic rings. The highest BCUT2D eigenvalue weighted by Gasteiger charge is 2.41. The Hall–Kier alpha value is -0.930. The summed E-state index contributed by atoms with van der Waals surface area (Å²) in [4.78, 5) is 13.1. The minimum Gasteiger partial charge on any atom is -0.292 e. The fourth-order valence-corrected chi connectivity index (χ4v) is 4.45. The first-order chi connectivity index (χ1) is 11.6. The highest BCUT2D eigenvalue weighted by atomic mass is 35.5. The Bertz CT molecular complexity index is 542. The molecule has 2 unspecified atom stereocenters. The second-order valence-electron chi connectivity index (χ2n) is 6.05. The number of halogens is 1. The van der Waals surface area contributed by atoms with Gasteiger partial charge in [0.15, 0.2) is 9.99 Å². The number of hydrogen-bond donors (Lipinski definition) is 0. The minimum absolute atomic E-state index is 0.264. The topological polar surface area (TPSA) is 34.1 Å². The van der Waals surface area contributed by atoms with Crippen molar-refractivity contribution in [3.63, 3.8) is 0 Å². The summed E-state index contributed by atoms with van der Waals surface area (Å²) in [5, 5.41) is 0. The molecule has 1 aromatic carbocycles. The van der Waals surface area contributed by atoms with Crippen LogP contribution >= 0.6 is 11.6 Å². The number of ketones is 1. The molecule has 0 N–H and O–H groups in total. The molecule has 134 valence electrons. The van der Waals surface area contributed by atoms with Crippen LogP contribution in [-0.2, 0) is 15.6 Å². The quantitative estimate of drug-likeness (QED) is 0.257. The van der Waals surface area contributed by atoms with Crippen LogP contribution in [0.25, 0.3) is 0 Å². The number of carbonyl (C=O) groups excluding carboxylic acids is 1. The van der Waals surface area contributed by atoms with Gasteiger partial charge in [-0.05, 0) is 31.6 Å². The number of allylic oxidation sites excluding steroid dienone is 2. The first kappa shape index (κ1) is 21.1. The van der Waals surface area contributed by atoms with E-state index in [2.05, 4.69) is 6.92 Å². The second kappa shape index (κ2) is 11.6. The van der Waals surface area contributed by atoms with Crippen LogP contribution in [0.3, 0.4) is 0 Å². The molecule has 0 radical (unpaired) electrons. The van der Waals surface area contributed by atoms with E-state index in [1.165, 1.54) is 31.8 Å². The van der Waals surface area contributed by atoms with Gasteiger partial charge in [-0.2, -0.15) is 0 Å². The molecule has 0 aliphatic heterocycles. The van der Waals surface area contributed by atoms with Gasteiger partial charge in [0.05, 0.1) is 10.8 Å². The third kappa shape index (κ3) is 6.52. The fraction of sp³-hybridized carbons (Fsp3) is 0.550. The number of rotatable bonds is 12. The van der Waals surface area contributed by atoms with Crippen molar-refractivity contribution in [2.75, 3.05) is 0 Å². The van der Waals surface area contributed by atoms with Crippen molar-refractivity contribution in [2.24, 2.45) is 0 Å². The monoisotopic (exact) mass is 368 g/mol. The molecular weight excluding hydrogens is 340 g/mol. The molecular formula is C20H29ClO2S. The van der Waals surface area contributed by atoms with E-state index in [1.807, 2.05) is 18.2 Å². The van der Waals surface area contributed by atoms with E-state index in [0.29, 0.717) is 11.3 Å². The minimum atomic E-state index is -1.56. The highest BCUT2D eigenvalue weighted by Crippen LogP contribution is 2.33. The van der Waals surface area contributed by atoms with Gasteiger partial charge in [-0.1, -0.05) is 87.7 Å². The molecule has 0 spiro atoms. The van der Waals surface area contributed by atoms with Crippen LogP contribution in [0.5, 0.6) is 0 Å². The molecule has 0 aromatic heterocycles. The summed E-state index contributed by atoms with van der Waals surface area (Å²) in [6, 6.07) is 9.03. The number of alkyl halides is 1. The zero-order chi connectivity index (χ0) is 17.8. The van der Waals surface area contributed by atoms with Gasteiger partial charge < -0.3 is 0 Å². The van der Waals surface area contributed by atoms with E-state index < -0.39 is 15.0 Å². The lowest BCUT2D eigenvalue weighted by molar-refractivity contribution is -0.115. The fourth-order valence-electron chi connectivity index (χ4n) is 2.62. The van der Waals surface area contributed by atoms with Crippen LogP contribution in [-0.4, -0.2) is 14.2 Å². The Balaban J connectivity index is 2.70. The first-order valence-electron chi connectivity index (χ1n) is 8.89. The third-order valence-electron chi connectivity index (χ3n) is 4.04. The van der Waals surface area contributed by atoms with E-state index in [-0.39, 0.29) is 5.78 Å². The standard InChI is InChI=1S/C20H29ClO2S/c1-3-5-6-7-8-9-13-17-20(21,19(22)14-4-2)24(23)18-15-11-10-12-16-18/h4,10-12,14-16H,3,5-9,13,17H2,1-2H3/b14-4+. The Labute approximate surface area is 154 Å². The molecule has 1 aromatic rings. The van der Waals surface area contributed by atoms with Gasteiger partial charge in [-0.15, -0.1) is 0 Å². The van der Waals surface area contributed by atoms with Crippen molar-refractivity contribution in [3.8, 4) is 0 Å². The zero-order valence-corrected chi connectivity index (χ0v) is 16.4. The molecule has 0 saturated carbocycles. The zero-order valence-electron chi connectivity index (χ0n) is 14.8. The third-order valence-corrected chi connectivity index (χ3v) is 6.53. The van der Waals surface area contributed by atoms with Crippen LogP contribution in [0.1, 0.15) is 65.2 Å². The normalized spacial score (nSPS) is 15.3. The van der Waals surface area contributed by atoms with E-state index in [4.69, 9.17) is 11.6 Å². The van der Waals surface area contributed by atoms with Gasteiger partial charge in [0.2, 0.25) is 0 Å². The Morgan fingerprint density at radius 2 is 1.67 bits per heavy atom. The molecule has 0 saturated heterocycles. The Morgan fingerprint density at radius 1 is 1.08 bits per heavy atom. The van der Waals surface area contributed by atoms with Gasteiger partial charge >= 0.3 is 0 Å². The van der Waals surface area contributed by atoms with E-state index in [9.17, 15) is 9.00 Å². The van der Waals surface area contributed by atoms with Gasteiger partial charge in [-0.25, -0.2) is 0 Å². The smallest absolute Gasteiger partial charge is 0.189 e. The maximum absolute atomic E-state index is 12.9. The number of carbonyl (C=O) groups is 1. The largest absolute Gasteiger partial charge is 0.292 e. The molecule has 1 rings (SSSR count). The molecule has 0 bridgehead atoms. The number of unbranched alkanes of at least 4 members (excludes halogenated alkanes) is 6. The summed E-state index contributed by atoms with van der Waals surface area (Å²) < 4.78 is 11.5. The number of benzene rings is 1. The second-order valence-corrected chi connectivity index (χ2v) is 8.62. The predicted octanol–water partition coefficient (Wildman–Crippen LogP) is 6.02. The maximum Gasteiger partial charge on any atom is 0.189 e. The molecule has 24 heavy (non-hydrogen) atoms. The van der Waals surface area contributed by atoms with Crippen molar-refractivity contribution >= 4 is 28.2 Å². The van der Waals surface area contributed by atoms with E-state index >= 15 is 0 Å². The van der Waals surface area contributed by atoms with Crippen LogP contribution in [0.4, 0.5) is 0 Å². The van der Waals surface area contributed by atoms with Gasteiger partial charge in [0, 0.05) is 4.90 Å². The van der Waals surface area contributed by atoms with Crippen molar-refractivity contribution in [1.82, 2.24) is 0 Å². The summed E-state index contributed by atoms with van der Waals surface area (Å²) in [6.07, 6.45) is 11.5. The summed E-state index contributed by atoms with van der Waals surface area (Å²) in [7, 11) is -1.56. The predicted molar refractivity (Wildman–Crippen MR) is 104 cm³/mol. The molecule has 2 nitrogen and oxygen atoms in total. The Morgan fingerprint density at radius 3 is 2.25 bits per heavy atom. The van der Waals surface area contributed by atoms with E-state index in [0.717, 1.165) is 19.3 Å². The summed E-state index contributed by atoms with van der Waals surface area (Å²) >= 11 is 6.62. The molecule has 4 heteroatoms. The molecule has 2 atom stereocenters. The van der Waals surface area contributed by atoms with E-state index in [1.54, 1.807) is 25.1 Å². The lowest BCUT2D eigenvalue weighted by Gasteiger charge is -2.23. The summed E-state index contributed by atoms with van der Waals surface area (Å²) in [6.45, 7) is 3.97. The van der Waals surface area contributed by atoms with Crippen molar-refractivity contribution in [2.45, 2.75) is 74.3 Å². The average molecular weight is 369 g/mol. The lowest BCUT2D eigenvalue weighted by Crippen LogP contribution is -2.36. The Kier molecular flexibility index (Phi) is 10.2. The highest BCUT2D eigenvalue weighted by molar-refractivity contribution is 7.89. The van der Waals surface area contributed by atoms with Gasteiger partial charge in [-0.3, -0.25) is 9.00 Å². The van der Waals surface area contributed by atoms with Gasteiger partial charge in [0.25, 0.3) is 0 Å². The van der Waals surface area contributed by atoms with Crippen LogP contribution < -0.4 is 0 Å². The van der Waals surface area contributed by atoms with Gasteiger partial charge in [0.1, 0.15) is 0 Å². The average Bonchev–Trinajstić information content (AvgIpc) is 2.61. The summed E-state index contributed by atoms with van der Waals surface area (Å²) in [5.74, 6) is -0.264. The number of hydrogen-bond acceptors (Lipinski definition) is 2. The first-order valence-corrected chi connectivity index (χ1v) is 10.4.